The average molecular weight is 448 g/mol. The van der Waals surface area contributed by atoms with Gasteiger partial charge in [0.25, 0.3) is 5.91 Å². The number of thiophene rings is 1. The van der Waals surface area contributed by atoms with Gasteiger partial charge >= 0.3 is 11.9 Å². The van der Waals surface area contributed by atoms with Crippen LogP contribution in [0.15, 0.2) is 24.3 Å². The van der Waals surface area contributed by atoms with Gasteiger partial charge in [-0.1, -0.05) is 0 Å². The number of ether oxygens (including phenoxy) is 4. The van der Waals surface area contributed by atoms with E-state index in [4.69, 9.17) is 18.9 Å². The first-order valence-electron chi connectivity index (χ1n) is 9.88. The smallest absolute Gasteiger partial charge is 0.341 e. The van der Waals surface area contributed by atoms with E-state index < -0.39 is 24.5 Å². The lowest BCUT2D eigenvalue weighted by molar-refractivity contribution is -0.119. The fourth-order valence-electron chi connectivity index (χ4n) is 3.09. The Kier molecular flexibility index (Phi) is 7.64. The highest BCUT2D eigenvalue weighted by Gasteiger charge is 2.22. The standard InChI is InChI=1S/C22H25NO7S/c1-13-14(2)31-20(19(13)22(26)27-3)23-18(24)12-30-21(25)15-6-8-16(9-7-15)29-11-17-5-4-10-28-17/h6-9,17H,4-5,10-12H2,1-3H3,(H,23,24). The summed E-state index contributed by atoms with van der Waals surface area (Å²) in [6.45, 7) is 4.38. The van der Waals surface area contributed by atoms with E-state index in [2.05, 4.69) is 5.32 Å². The molecular formula is C22H25NO7S. The van der Waals surface area contributed by atoms with Crippen LogP contribution < -0.4 is 10.1 Å². The lowest BCUT2D eigenvalue weighted by Crippen LogP contribution is -2.21. The third-order valence-electron chi connectivity index (χ3n) is 4.91. The zero-order valence-corrected chi connectivity index (χ0v) is 18.5. The Morgan fingerprint density at radius 1 is 1.16 bits per heavy atom. The van der Waals surface area contributed by atoms with Crippen molar-refractivity contribution in [2.75, 3.05) is 32.2 Å². The highest BCUT2D eigenvalue weighted by molar-refractivity contribution is 7.16. The molecule has 1 amide bonds. The molecular weight excluding hydrogens is 422 g/mol. The number of amides is 1. The topological polar surface area (TPSA) is 100 Å². The van der Waals surface area contributed by atoms with Crippen molar-refractivity contribution < 1.29 is 33.3 Å². The summed E-state index contributed by atoms with van der Waals surface area (Å²) in [5.41, 5.74) is 1.35. The van der Waals surface area contributed by atoms with E-state index in [1.165, 1.54) is 18.4 Å². The minimum atomic E-state index is -0.632. The van der Waals surface area contributed by atoms with Crippen LogP contribution in [0.4, 0.5) is 5.00 Å². The largest absolute Gasteiger partial charge is 0.491 e. The van der Waals surface area contributed by atoms with Crippen LogP contribution in [0.25, 0.3) is 0 Å². The van der Waals surface area contributed by atoms with Gasteiger partial charge in [-0.15, -0.1) is 11.3 Å². The number of rotatable bonds is 8. The molecule has 1 aliphatic heterocycles. The SMILES string of the molecule is COC(=O)c1c(NC(=O)COC(=O)c2ccc(OCC3CCCO3)cc2)sc(C)c1C. The molecule has 1 N–H and O–H groups in total. The zero-order chi connectivity index (χ0) is 22.4. The maximum Gasteiger partial charge on any atom is 0.341 e. The molecule has 1 aliphatic rings. The molecule has 0 saturated carbocycles. The molecule has 2 heterocycles. The predicted molar refractivity (Wildman–Crippen MR) is 115 cm³/mol. The minimum Gasteiger partial charge on any atom is -0.491 e. The molecule has 166 valence electrons. The fourth-order valence-corrected chi connectivity index (χ4v) is 4.16. The highest BCUT2D eigenvalue weighted by atomic mass is 32.1. The first kappa shape index (κ1) is 22.8. The molecule has 0 spiro atoms. The van der Waals surface area contributed by atoms with Crippen molar-refractivity contribution >= 4 is 34.2 Å². The molecule has 1 aromatic carbocycles. The number of hydrogen-bond donors (Lipinski definition) is 1. The van der Waals surface area contributed by atoms with Crippen molar-refractivity contribution in [3.8, 4) is 5.75 Å². The third-order valence-corrected chi connectivity index (χ3v) is 6.03. The summed E-state index contributed by atoms with van der Waals surface area (Å²) in [4.78, 5) is 37.3. The summed E-state index contributed by atoms with van der Waals surface area (Å²) in [5.74, 6) is -1.08. The molecule has 1 atom stereocenters. The molecule has 0 aliphatic carbocycles. The second-order valence-corrected chi connectivity index (χ2v) is 8.30. The van der Waals surface area contributed by atoms with Crippen LogP contribution in [0.5, 0.6) is 5.75 Å². The predicted octanol–water partition coefficient (Wildman–Crippen LogP) is 3.50. The summed E-state index contributed by atoms with van der Waals surface area (Å²) in [5, 5.41) is 2.99. The number of anilines is 1. The van der Waals surface area contributed by atoms with E-state index in [-0.39, 0.29) is 6.10 Å². The second kappa shape index (κ2) is 10.4. The fraction of sp³-hybridized carbons (Fsp3) is 0.409. The number of hydrogen-bond acceptors (Lipinski definition) is 8. The average Bonchev–Trinajstić information content (AvgIpc) is 3.38. The van der Waals surface area contributed by atoms with Crippen LogP contribution in [-0.2, 0) is 19.0 Å². The maximum atomic E-state index is 12.2. The third kappa shape index (κ3) is 5.83. The zero-order valence-electron chi connectivity index (χ0n) is 17.7. The number of benzene rings is 1. The van der Waals surface area contributed by atoms with Gasteiger partial charge in [0.05, 0.1) is 24.3 Å². The van der Waals surface area contributed by atoms with Crippen LogP contribution in [0, 0.1) is 13.8 Å². The van der Waals surface area contributed by atoms with E-state index in [0.717, 1.165) is 29.9 Å². The molecule has 0 radical (unpaired) electrons. The lowest BCUT2D eigenvalue weighted by atomic mass is 10.1. The molecule has 1 unspecified atom stereocenters. The number of methoxy groups -OCH3 is 1. The van der Waals surface area contributed by atoms with Gasteiger partial charge in [-0.2, -0.15) is 0 Å². The van der Waals surface area contributed by atoms with E-state index >= 15 is 0 Å². The van der Waals surface area contributed by atoms with E-state index in [0.29, 0.717) is 28.5 Å². The van der Waals surface area contributed by atoms with Crippen molar-refractivity contribution in [2.45, 2.75) is 32.8 Å². The monoisotopic (exact) mass is 447 g/mol. The first-order valence-corrected chi connectivity index (χ1v) is 10.7. The molecule has 1 saturated heterocycles. The molecule has 8 nitrogen and oxygen atoms in total. The summed E-state index contributed by atoms with van der Waals surface area (Å²) >= 11 is 1.26. The van der Waals surface area contributed by atoms with Crippen molar-refractivity contribution in [1.82, 2.24) is 0 Å². The number of nitrogens with one attached hydrogen (secondary N) is 1. The lowest BCUT2D eigenvalue weighted by Gasteiger charge is -2.11. The Labute approximate surface area is 184 Å². The van der Waals surface area contributed by atoms with Crippen molar-refractivity contribution in [2.24, 2.45) is 0 Å². The molecule has 3 rings (SSSR count). The second-order valence-electron chi connectivity index (χ2n) is 7.07. The van der Waals surface area contributed by atoms with Gasteiger partial charge in [-0.3, -0.25) is 4.79 Å². The normalized spacial score (nSPS) is 15.4. The van der Waals surface area contributed by atoms with Crippen LogP contribution in [0.2, 0.25) is 0 Å². The molecule has 2 aromatic rings. The van der Waals surface area contributed by atoms with E-state index in [1.807, 2.05) is 6.92 Å². The van der Waals surface area contributed by atoms with Gasteiger partial charge < -0.3 is 24.3 Å². The number of carbonyl (C=O) groups is 3. The summed E-state index contributed by atoms with van der Waals surface area (Å²) in [6, 6.07) is 6.50. The minimum absolute atomic E-state index is 0.110. The summed E-state index contributed by atoms with van der Waals surface area (Å²) in [7, 11) is 1.28. The highest BCUT2D eigenvalue weighted by Crippen LogP contribution is 2.32. The van der Waals surface area contributed by atoms with Gasteiger partial charge in [0.1, 0.15) is 17.4 Å². The Morgan fingerprint density at radius 3 is 2.55 bits per heavy atom. The molecule has 31 heavy (non-hydrogen) atoms. The van der Waals surface area contributed by atoms with Crippen LogP contribution in [0.1, 0.15) is 44.0 Å². The van der Waals surface area contributed by atoms with Crippen LogP contribution in [-0.4, -0.2) is 50.9 Å². The number of aryl methyl sites for hydroxylation is 1. The molecule has 0 bridgehead atoms. The van der Waals surface area contributed by atoms with Gasteiger partial charge in [0, 0.05) is 11.5 Å². The number of carbonyl (C=O) groups excluding carboxylic acids is 3. The quantitative estimate of drug-likeness (QED) is 0.618. The van der Waals surface area contributed by atoms with Crippen LogP contribution in [0.3, 0.4) is 0 Å². The van der Waals surface area contributed by atoms with Crippen molar-refractivity contribution in [1.29, 1.82) is 0 Å². The van der Waals surface area contributed by atoms with Gasteiger partial charge in [-0.25, -0.2) is 9.59 Å². The van der Waals surface area contributed by atoms with Gasteiger partial charge in [0.2, 0.25) is 0 Å². The van der Waals surface area contributed by atoms with Crippen molar-refractivity contribution in [3.05, 3.63) is 45.8 Å². The first-order chi connectivity index (χ1) is 14.9. The van der Waals surface area contributed by atoms with Crippen LogP contribution >= 0.6 is 11.3 Å². The molecule has 9 heteroatoms. The Balaban J connectivity index is 1.50. The summed E-state index contributed by atoms with van der Waals surface area (Å²) in [6.07, 6.45) is 2.14. The molecule has 1 fully saturated rings. The van der Waals surface area contributed by atoms with E-state index in [1.54, 1.807) is 31.2 Å². The van der Waals surface area contributed by atoms with E-state index in [9.17, 15) is 14.4 Å². The Bertz CT molecular complexity index is 946. The van der Waals surface area contributed by atoms with Crippen molar-refractivity contribution in [3.63, 3.8) is 0 Å². The Morgan fingerprint density at radius 2 is 1.90 bits per heavy atom. The number of esters is 2. The molecule has 1 aromatic heterocycles. The van der Waals surface area contributed by atoms with Gasteiger partial charge in [-0.05, 0) is 56.5 Å². The summed E-state index contributed by atoms with van der Waals surface area (Å²) < 4.78 is 21.0. The Hall–Kier alpha value is -2.91. The maximum absolute atomic E-state index is 12.2. The van der Waals surface area contributed by atoms with Gasteiger partial charge in [0.15, 0.2) is 6.61 Å².